The van der Waals surface area contributed by atoms with E-state index >= 15 is 0 Å². The zero-order valence-corrected chi connectivity index (χ0v) is 22.5. The smallest absolute Gasteiger partial charge is 0.101 e. The summed E-state index contributed by atoms with van der Waals surface area (Å²) in [4.78, 5) is 7.39. The summed E-state index contributed by atoms with van der Waals surface area (Å²) in [6, 6.07) is 41.2. The number of allylic oxidation sites excluding steroid dienone is 1. The first-order valence-corrected chi connectivity index (χ1v) is 13.9. The molecule has 0 saturated heterocycles. The van der Waals surface area contributed by atoms with E-state index in [1.165, 1.54) is 33.4 Å². The summed E-state index contributed by atoms with van der Waals surface area (Å²) in [7, 11) is 4.24. The van der Waals surface area contributed by atoms with E-state index in [1.807, 2.05) is 0 Å². The van der Waals surface area contributed by atoms with Gasteiger partial charge in [-0.2, -0.15) is 0 Å². The van der Waals surface area contributed by atoms with Crippen molar-refractivity contribution in [1.82, 2.24) is 9.88 Å². The molecule has 37 heavy (non-hydrogen) atoms. The van der Waals surface area contributed by atoms with Gasteiger partial charge < -0.3 is 4.90 Å². The highest BCUT2D eigenvalue weighted by Gasteiger charge is 2.24. The highest BCUT2D eigenvalue weighted by molar-refractivity contribution is 7.98. The molecule has 0 N–H and O–H groups in total. The minimum atomic E-state index is 0.0586. The number of hydrogen-bond acceptors (Lipinski definition) is 3. The molecule has 0 fully saturated rings. The molecule has 0 saturated carbocycles. The monoisotopic (exact) mass is 500 g/mol. The number of nitrogens with zero attached hydrogens (tertiary/aromatic N) is 2. The fourth-order valence-corrected chi connectivity index (χ4v) is 5.44. The summed E-state index contributed by atoms with van der Waals surface area (Å²) in [5.41, 5.74) is 8.51. The van der Waals surface area contributed by atoms with E-state index in [-0.39, 0.29) is 5.92 Å². The molecule has 0 bridgehead atoms. The molecule has 0 aliphatic carbocycles. The van der Waals surface area contributed by atoms with Crippen molar-refractivity contribution in [2.75, 3.05) is 26.9 Å². The Morgan fingerprint density at radius 1 is 0.784 bits per heavy atom. The minimum Gasteiger partial charge on any atom is -0.306 e. The van der Waals surface area contributed by atoms with Crippen LogP contribution >= 0.6 is 11.8 Å². The molecule has 0 spiro atoms. The molecule has 5 aromatic rings. The molecule has 1 unspecified atom stereocenters. The van der Waals surface area contributed by atoms with Crippen LogP contribution < -0.4 is 0 Å². The van der Waals surface area contributed by atoms with Gasteiger partial charge in [0.25, 0.3) is 0 Å². The van der Waals surface area contributed by atoms with Crippen LogP contribution in [0.2, 0.25) is 0 Å². The van der Waals surface area contributed by atoms with E-state index in [4.69, 9.17) is 4.98 Å². The molecule has 3 heteroatoms. The van der Waals surface area contributed by atoms with Crippen molar-refractivity contribution in [2.24, 2.45) is 0 Å². The Morgan fingerprint density at radius 2 is 1.43 bits per heavy atom. The quantitative estimate of drug-likeness (QED) is 0.199. The maximum atomic E-state index is 5.17. The molecule has 0 aliphatic heterocycles. The molecule has 1 heterocycles. The fourth-order valence-electron chi connectivity index (χ4n) is 4.84. The number of aromatic nitrogens is 1. The largest absolute Gasteiger partial charge is 0.306 e. The molecule has 0 aliphatic rings. The maximum absolute atomic E-state index is 5.17. The van der Waals surface area contributed by atoms with E-state index in [0.717, 1.165) is 22.5 Å². The fraction of sp³-hybridized carbons (Fsp3) is 0.147. The standard InChI is InChI=1S/C34H32N2S/c1-36(2)22-21-30(26-15-9-5-10-16-26)33(27-17-11-6-12-18-27)31-24-29-23-28(25-13-7-4-8-14-25)19-20-32(29)35-34(31)37-3/h4-21,23-24,33H,22H2,1-3H3/b30-21+. The summed E-state index contributed by atoms with van der Waals surface area (Å²) in [6.45, 7) is 0.862. The van der Waals surface area contributed by atoms with Gasteiger partial charge >= 0.3 is 0 Å². The lowest BCUT2D eigenvalue weighted by Crippen LogP contribution is -2.13. The average molecular weight is 501 g/mol. The summed E-state index contributed by atoms with van der Waals surface area (Å²) >= 11 is 1.72. The summed E-state index contributed by atoms with van der Waals surface area (Å²) in [6.07, 6.45) is 4.51. The van der Waals surface area contributed by atoms with Gasteiger partial charge in [-0.1, -0.05) is 103 Å². The molecule has 1 aromatic heterocycles. The Bertz CT molecular complexity index is 1490. The van der Waals surface area contributed by atoms with E-state index in [0.29, 0.717) is 0 Å². The third-order valence-corrected chi connectivity index (χ3v) is 7.36. The highest BCUT2D eigenvalue weighted by atomic mass is 32.2. The van der Waals surface area contributed by atoms with Crippen molar-refractivity contribution in [3.05, 3.63) is 138 Å². The third-order valence-electron chi connectivity index (χ3n) is 6.65. The van der Waals surface area contributed by atoms with Crippen LogP contribution in [0.4, 0.5) is 0 Å². The predicted octanol–water partition coefficient (Wildman–Crippen LogP) is 8.40. The SMILES string of the molecule is CSc1nc2ccc(-c3ccccc3)cc2cc1C(/C(=C/CN(C)C)c1ccccc1)c1ccccc1. The summed E-state index contributed by atoms with van der Waals surface area (Å²) in [5, 5.41) is 2.23. The molecular weight excluding hydrogens is 468 g/mol. The van der Waals surface area contributed by atoms with Gasteiger partial charge in [0, 0.05) is 17.8 Å². The zero-order chi connectivity index (χ0) is 25.6. The van der Waals surface area contributed by atoms with Crippen LogP contribution in [-0.2, 0) is 0 Å². The summed E-state index contributed by atoms with van der Waals surface area (Å²) in [5.74, 6) is 0.0586. The van der Waals surface area contributed by atoms with Gasteiger partial charge in [-0.15, -0.1) is 11.8 Å². The number of benzene rings is 4. The second-order valence-corrected chi connectivity index (χ2v) is 10.3. The van der Waals surface area contributed by atoms with Crippen molar-refractivity contribution in [3.63, 3.8) is 0 Å². The van der Waals surface area contributed by atoms with Gasteiger partial charge in [0.1, 0.15) is 5.03 Å². The Morgan fingerprint density at radius 3 is 2.08 bits per heavy atom. The van der Waals surface area contributed by atoms with Gasteiger partial charge in [-0.3, -0.25) is 0 Å². The normalized spacial score (nSPS) is 12.7. The van der Waals surface area contributed by atoms with Crippen molar-refractivity contribution >= 4 is 28.2 Å². The number of fused-ring (bicyclic) bond motifs is 1. The predicted molar refractivity (Wildman–Crippen MR) is 160 cm³/mol. The van der Waals surface area contributed by atoms with Crippen LogP contribution in [0.25, 0.3) is 27.6 Å². The maximum Gasteiger partial charge on any atom is 0.101 e. The number of pyridine rings is 1. The van der Waals surface area contributed by atoms with Crippen molar-refractivity contribution < 1.29 is 0 Å². The van der Waals surface area contributed by atoms with Gasteiger partial charge in [-0.25, -0.2) is 4.98 Å². The van der Waals surface area contributed by atoms with Gasteiger partial charge in [0.15, 0.2) is 0 Å². The lowest BCUT2D eigenvalue weighted by molar-refractivity contribution is 0.456. The first-order chi connectivity index (χ1) is 18.1. The van der Waals surface area contributed by atoms with Crippen LogP contribution in [0, 0.1) is 0 Å². The lowest BCUT2D eigenvalue weighted by atomic mass is 9.81. The Hall–Kier alpha value is -3.66. The highest BCUT2D eigenvalue weighted by Crippen LogP contribution is 2.42. The molecule has 4 aromatic carbocycles. The minimum absolute atomic E-state index is 0.0586. The molecule has 184 valence electrons. The molecule has 0 radical (unpaired) electrons. The first kappa shape index (κ1) is 25.0. The van der Waals surface area contributed by atoms with Crippen LogP contribution in [-0.4, -0.2) is 36.8 Å². The van der Waals surface area contributed by atoms with Gasteiger partial charge in [0.05, 0.1) is 5.52 Å². The Labute approximate surface area is 224 Å². The molecule has 1 atom stereocenters. The number of rotatable bonds is 8. The second kappa shape index (κ2) is 11.6. The molecule has 5 rings (SSSR count). The summed E-state index contributed by atoms with van der Waals surface area (Å²) < 4.78 is 0. The number of hydrogen-bond donors (Lipinski definition) is 0. The van der Waals surface area contributed by atoms with E-state index in [1.54, 1.807) is 11.8 Å². The van der Waals surface area contributed by atoms with Crippen LogP contribution in [0.5, 0.6) is 0 Å². The van der Waals surface area contributed by atoms with Crippen LogP contribution in [0.3, 0.4) is 0 Å². The lowest BCUT2D eigenvalue weighted by Gasteiger charge is -2.25. The number of likely N-dealkylation sites (N-methyl/N-ethyl adjacent to an activating group) is 1. The van der Waals surface area contributed by atoms with E-state index in [2.05, 4.69) is 147 Å². The van der Waals surface area contributed by atoms with Gasteiger partial charge in [-0.05, 0) is 71.9 Å². The topological polar surface area (TPSA) is 16.1 Å². The Balaban J connectivity index is 1.74. The van der Waals surface area contributed by atoms with E-state index < -0.39 is 0 Å². The average Bonchev–Trinajstić information content (AvgIpc) is 2.95. The third kappa shape index (κ3) is 5.69. The molecular formula is C34H32N2S. The van der Waals surface area contributed by atoms with Crippen molar-refractivity contribution in [2.45, 2.75) is 10.9 Å². The van der Waals surface area contributed by atoms with Crippen molar-refractivity contribution in [1.29, 1.82) is 0 Å². The second-order valence-electron chi connectivity index (χ2n) is 9.49. The molecule has 0 amide bonds. The van der Waals surface area contributed by atoms with Crippen LogP contribution in [0.1, 0.15) is 22.6 Å². The first-order valence-electron chi connectivity index (χ1n) is 12.6. The van der Waals surface area contributed by atoms with Crippen LogP contribution in [0.15, 0.2) is 126 Å². The van der Waals surface area contributed by atoms with E-state index in [9.17, 15) is 0 Å². The molecule has 2 nitrogen and oxygen atoms in total. The zero-order valence-electron chi connectivity index (χ0n) is 21.6. The van der Waals surface area contributed by atoms with Crippen molar-refractivity contribution in [3.8, 4) is 11.1 Å². The number of thioether (sulfide) groups is 1. The van der Waals surface area contributed by atoms with Gasteiger partial charge in [0.2, 0.25) is 0 Å². The Kier molecular flexibility index (Phi) is 7.84.